The molecule has 3 rings (SSSR count). The molecule has 2 fully saturated rings. The van der Waals surface area contributed by atoms with Crippen LogP contribution in [-0.2, 0) is 0 Å². The standard InChI is InChI=1S/C18H28N2/c1-13(2)12-20(17-8-9-17)18(11-19)16-5-3-4-15(10-16)14-6-7-14/h3-5,10,13-14,17-18H,6-9,11-12,19H2,1-2H3. The zero-order valence-electron chi connectivity index (χ0n) is 12.9. The van der Waals surface area contributed by atoms with E-state index in [-0.39, 0.29) is 0 Å². The SMILES string of the molecule is CC(C)CN(C1CC1)C(CN)c1cccc(C2CC2)c1. The van der Waals surface area contributed by atoms with Gasteiger partial charge in [-0.25, -0.2) is 0 Å². The van der Waals surface area contributed by atoms with Crippen LogP contribution in [0.3, 0.4) is 0 Å². The summed E-state index contributed by atoms with van der Waals surface area (Å²) in [4.78, 5) is 2.66. The molecule has 2 aliphatic rings. The number of hydrogen-bond acceptors (Lipinski definition) is 2. The van der Waals surface area contributed by atoms with E-state index in [9.17, 15) is 0 Å². The monoisotopic (exact) mass is 272 g/mol. The molecule has 0 bridgehead atoms. The summed E-state index contributed by atoms with van der Waals surface area (Å²) in [5, 5.41) is 0. The zero-order chi connectivity index (χ0) is 14.1. The molecular weight excluding hydrogens is 244 g/mol. The topological polar surface area (TPSA) is 29.3 Å². The van der Waals surface area contributed by atoms with Crippen molar-refractivity contribution in [3.8, 4) is 0 Å². The van der Waals surface area contributed by atoms with Gasteiger partial charge in [0.05, 0.1) is 0 Å². The van der Waals surface area contributed by atoms with Crippen LogP contribution in [0.1, 0.15) is 62.6 Å². The van der Waals surface area contributed by atoms with Crippen molar-refractivity contribution in [2.45, 2.75) is 57.5 Å². The van der Waals surface area contributed by atoms with Crippen molar-refractivity contribution < 1.29 is 0 Å². The maximum Gasteiger partial charge on any atom is 0.0473 e. The molecule has 2 N–H and O–H groups in total. The largest absolute Gasteiger partial charge is 0.329 e. The van der Waals surface area contributed by atoms with Crippen molar-refractivity contribution in [1.82, 2.24) is 4.90 Å². The highest BCUT2D eigenvalue weighted by molar-refractivity contribution is 5.31. The molecule has 110 valence electrons. The first-order valence-corrected chi connectivity index (χ1v) is 8.24. The minimum absolute atomic E-state index is 0.406. The van der Waals surface area contributed by atoms with Crippen molar-refractivity contribution in [2.24, 2.45) is 11.7 Å². The van der Waals surface area contributed by atoms with Crippen LogP contribution >= 0.6 is 0 Å². The fourth-order valence-electron chi connectivity index (χ4n) is 3.26. The normalized spacial score (nSPS) is 20.6. The summed E-state index contributed by atoms with van der Waals surface area (Å²) in [5.74, 6) is 1.53. The minimum atomic E-state index is 0.406. The van der Waals surface area contributed by atoms with Crippen LogP contribution in [0.15, 0.2) is 24.3 Å². The van der Waals surface area contributed by atoms with Gasteiger partial charge < -0.3 is 5.73 Å². The molecule has 2 nitrogen and oxygen atoms in total. The van der Waals surface area contributed by atoms with Gasteiger partial charge in [-0.05, 0) is 48.6 Å². The Hall–Kier alpha value is -0.860. The lowest BCUT2D eigenvalue weighted by molar-refractivity contribution is 0.169. The second-order valence-electron chi connectivity index (χ2n) is 7.02. The molecule has 0 amide bonds. The summed E-state index contributed by atoms with van der Waals surface area (Å²) in [5.41, 5.74) is 9.11. The van der Waals surface area contributed by atoms with Gasteiger partial charge >= 0.3 is 0 Å². The molecule has 2 saturated carbocycles. The number of nitrogens with zero attached hydrogens (tertiary/aromatic N) is 1. The molecule has 0 heterocycles. The quantitative estimate of drug-likeness (QED) is 0.820. The number of benzene rings is 1. The molecule has 0 radical (unpaired) electrons. The zero-order valence-corrected chi connectivity index (χ0v) is 12.9. The van der Waals surface area contributed by atoms with Crippen LogP contribution in [0.5, 0.6) is 0 Å². The molecule has 1 aromatic rings. The highest BCUT2D eigenvalue weighted by atomic mass is 15.2. The third-order valence-electron chi connectivity index (χ3n) is 4.56. The summed E-state index contributed by atoms with van der Waals surface area (Å²) in [6.45, 7) is 6.52. The summed E-state index contributed by atoms with van der Waals surface area (Å²) >= 11 is 0. The smallest absolute Gasteiger partial charge is 0.0473 e. The lowest BCUT2D eigenvalue weighted by atomic mass is 9.99. The Kier molecular flexibility index (Phi) is 4.13. The molecule has 1 atom stereocenters. The molecule has 0 spiro atoms. The summed E-state index contributed by atoms with van der Waals surface area (Å²) < 4.78 is 0. The maximum absolute atomic E-state index is 6.15. The van der Waals surface area contributed by atoms with Gasteiger partial charge in [0.2, 0.25) is 0 Å². The maximum atomic E-state index is 6.15. The number of rotatable bonds is 7. The Labute approximate surface area is 123 Å². The molecule has 2 aliphatic carbocycles. The van der Waals surface area contributed by atoms with E-state index in [2.05, 4.69) is 43.0 Å². The van der Waals surface area contributed by atoms with Crippen LogP contribution in [0.2, 0.25) is 0 Å². The molecule has 0 aliphatic heterocycles. The van der Waals surface area contributed by atoms with E-state index >= 15 is 0 Å². The molecule has 0 aromatic heterocycles. The van der Waals surface area contributed by atoms with Crippen molar-refractivity contribution >= 4 is 0 Å². The number of hydrogen-bond donors (Lipinski definition) is 1. The summed E-state index contributed by atoms with van der Waals surface area (Å²) in [6, 6.07) is 10.4. The van der Waals surface area contributed by atoms with E-state index in [4.69, 9.17) is 5.73 Å². The molecular formula is C18H28N2. The van der Waals surface area contributed by atoms with Crippen LogP contribution in [0.25, 0.3) is 0 Å². The van der Waals surface area contributed by atoms with E-state index in [0.29, 0.717) is 12.0 Å². The molecule has 20 heavy (non-hydrogen) atoms. The first kappa shape index (κ1) is 14.1. The predicted octanol–water partition coefficient (Wildman–Crippen LogP) is 3.68. The fraction of sp³-hybridized carbons (Fsp3) is 0.667. The second-order valence-corrected chi connectivity index (χ2v) is 7.02. The van der Waals surface area contributed by atoms with Gasteiger partial charge in [0, 0.05) is 25.2 Å². The highest BCUT2D eigenvalue weighted by Crippen LogP contribution is 2.41. The first-order valence-electron chi connectivity index (χ1n) is 8.24. The van der Waals surface area contributed by atoms with Crippen molar-refractivity contribution in [1.29, 1.82) is 0 Å². The van der Waals surface area contributed by atoms with E-state index < -0.39 is 0 Å². The summed E-state index contributed by atoms with van der Waals surface area (Å²) in [7, 11) is 0. The third-order valence-corrected chi connectivity index (χ3v) is 4.56. The highest BCUT2D eigenvalue weighted by Gasteiger charge is 2.34. The van der Waals surface area contributed by atoms with Gasteiger partial charge in [-0.3, -0.25) is 4.90 Å². The Morgan fingerprint density at radius 1 is 1.20 bits per heavy atom. The average Bonchev–Trinajstić information content (AvgIpc) is 3.31. The Balaban J connectivity index is 1.81. The van der Waals surface area contributed by atoms with E-state index in [1.54, 1.807) is 0 Å². The van der Waals surface area contributed by atoms with Gasteiger partial charge in [0.1, 0.15) is 0 Å². The molecule has 0 saturated heterocycles. The van der Waals surface area contributed by atoms with Crippen LogP contribution in [0.4, 0.5) is 0 Å². The van der Waals surface area contributed by atoms with Crippen molar-refractivity contribution in [3.63, 3.8) is 0 Å². The van der Waals surface area contributed by atoms with Gasteiger partial charge in [-0.1, -0.05) is 38.1 Å². The van der Waals surface area contributed by atoms with Gasteiger partial charge in [0.25, 0.3) is 0 Å². The molecule has 1 unspecified atom stereocenters. The number of nitrogens with two attached hydrogens (primary N) is 1. The summed E-state index contributed by atoms with van der Waals surface area (Å²) in [6.07, 6.45) is 5.45. The van der Waals surface area contributed by atoms with Gasteiger partial charge in [-0.2, -0.15) is 0 Å². The molecule has 2 heteroatoms. The predicted molar refractivity (Wildman–Crippen MR) is 84.8 cm³/mol. The fourth-order valence-corrected chi connectivity index (χ4v) is 3.26. The second kappa shape index (κ2) is 5.87. The average molecular weight is 272 g/mol. The van der Waals surface area contributed by atoms with Crippen LogP contribution < -0.4 is 5.73 Å². The van der Waals surface area contributed by atoms with Crippen molar-refractivity contribution in [3.05, 3.63) is 35.4 Å². The molecule has 1 aromatic carbocycles. The van der Waals surface area contributed by atoms with E-state index in [0.717, 1.165) is 18.5 Å². The van der Waals surface area contributed by atoms with E-state index in [1.807, 2.05) is 0 Å². The van der Waals surface area contributed by atoms with Crippen LogP contribution in [0, 0.1) is 5.92 Å². The van der Waals surface area contributed by atoms with Crippen LogP contribution in [-0.4, -0.2) is 24.0 Å². The van der Waals surface area contributed by atoms with E-state index in [1.165, 1.54) is 43.4 Å². The minimum Gasteiger partial charge on any atom is -0.329 e. The van der Waals surface area contributed by atoms with Gasteiger partial charge in [-0.15, -0.1) is 0 Å². The van der Waals surface area contributed by atoms with Gasteiger partial charge in [0.15, 0.2) is 0 Å². The Morgan fingerprint density at radius 3 is 2.50 bits per heavy atom. The first-order chi connectivity index (χ1) is 9.69. The van der Waals surface area contributed by atoms with Crippen molar-refractivity contribution in [2.75, 3.05) is 13.1 Å². The Morgan fingerprint density at radius 2 is 1.95 bits per heavy atom. The Bertz CT molecular complexity index is 446. The lowest BCUT2D eigenvalue weighted by Gasteiger charge is -2.33. The lowest BCUT2D eigenvalue weighted by Crippen LogP contribution is -2.38. The third kappa shape index (κ3) is 3.24.